The quantitative estimate of drug-likeness (QED) is 0.637. The standard InChI is InChI=1S/C23H27NO3/c1-6-11-27-22(26)19-15(3)24-17-12-23(4,5)13-18(25)21(17)20(19)16-9-7-14(2)8-10-16/h6-10,20,24H,1,11-13H2,2-5H3/t20-/m1/s1. The maximum atomic E-state index is 13.1. The first-order valence-electron chi connectivity index (χ1n) is 9.32. The number of ketones is 1. The van der Waals surface area contributed by atoms with Crippen molar-refractivity contribution < 1.29 is 14.3 Å². The highest BCUT2D eigenvalue weighted by Crippen LogP contribution is 2.46. The van der Waals surface area contributed by atoms with Gasteiger partial charge >= 0.3 is 5.97 Å². The van der Waals surface area contributed by atoms with E-state index in [4.69, 9.17) is 4.74 Å². The number of nitrogens with one attached hydrogen (secondary N) is 1. The van der Waals surface area contributed by atoms with Crippen LogP contribution in [0.2, 0.25) is 0 Å². The average molecular weight is 365 g/mol. The van der Waals surface area contributed by atoms with Crippen molar-refractivity contribution in [2.45, 2.75) is 46.5 Å². The summed E-state index contributed by atoms with van der Waals surface area (Å²) >= 11 is 0. The van der Waals surface area contributed by atoms with Crippen LogP contribution in [0.4, 0.5) is 0 Å². The Hall–Kier alpha value is -2.62. The van der Waals surface area contributed by atoms with Gasteiger partial charge < -0.3 is 10.1 Å². The fourth-order valence-electron chi connectivity index (χ4n) is 4.01. The SMILES string of the molecule is C=CCOC(=O)C1=C(C)NC2=C(C(=O)CC(C)(C)C2)[C@@H]1c1ccc(C)cc1. The minimum absolute atomic E-state index is 0.0954. The summed E-state index contributed by atoms with van der Waals surface area (Å²) in [5, 5.41) is 3.33. The van der Waals surface area contributed by atoms with Crippen molar-refractivity contribution in [2.24, 2.45) is 5.41 Å². The number of allylic oxidation sites excluding steroid dienone is 3. The van der Waals surface area contributed by atoms with Gasteiger partial charge in [-0.25, -0.2) is 4.79 Å². The van der Waals surface area contributed by atoms with Crippen LogP contribution in [0, 0.1) is 12.3 Å². The topological polar surface area (TPSA) is 55.4 Å². The Morgan fingerprint density at radius 2 is 1.93 bits per heavy atom. The number of benzene rings is 1. The van der Waals surface area contributed by atoms with E-state index >= 15 is 0 Å². The molecule has 0 amide bonds. The van der Waals surface area contributed by atoms with Crippen molar-refractivity contribution in [1.82, 2.24) is 5.32 Å². The molecule has 1 aliphatic carbocycles. The molecule has 1 aromatic carbocycles. The summed E-state index contributed by atoms with van der Waals surface area (Å²) < 4.78 is 5.34. The van der Waals surface area contributed by atoms with E-state index in [2.05, 4.69) is 25.7 Å². The van der Waals surface area contributed by atoms with Gasteiger partial charge in [-0.05, 0) is 31.2 Å². The number of hydrogen-bond acceptors (Lipinski definition) is 4. The highest BCUT2D eigenvalue weighted by Gasteiger charge is 2.43. The van der Waals surface area contributed by atoms with Gasteiger partial charge in [-0.3, -0.25) is 4.79 Å². The first kappa shape index (κ1) is 19.2. The summed E-state index contributed by atoms with van der Waals surface area (Å²) in [6.07, 6.45) is 2.80. The molecule has 27 heavy (non-hydrogen) atoms. The molecule has 1 aliphatic heterocycles. The zero-order chi connectivity index (χ0) is 19.8. The van der Waals surface area contributed by atoms with E-state index in [1.807, 2.05) is 38.1 Å². The molecular formula is C23H27NO3. The Morgan fingerprint density at radius 1 is 1.26 bits per heavy atom. The second-order valence-corrected chi connectivity index (χ2v) is 8.23. The molecule has 1 atom stereocenters. The average Bonchev–Trinajstić information content (AvgIpc) is 2.58. The van der Waals surface area contributed by atoms with Gasteiger partial charge in [0.05, 0.1) is 5.57 Å². The molecule has 0 radical (unpaired) electrons. The third kappa shape index (κ3) is 3.75. The van der Waals surface area contributed by atoms with Crippen molar-refractivity contribution in [3.8, 4) is 0 Å². The number of carbonyl (C=O) groups excluding carboxylic acids is 2. The van der Waals surface area contributed by atoms with Gasteiger partial charge in [0.1, 0.15) is 6.61 Å². The van der Waals surface area contributed by atoms with Crippen LogP contribution in [0.25, 0.3) is 0 Å². The lowest BCUT2D eigenvalue weighted by Gasteiger charge is -2.39. The smallest absolute Gasteiger partial charge is 0.337 e. The second-order valence-electron chi connectivity index (χ2n) is 8.23. The van der Waals surface area contributed by atoms with Gasteiger partial charge in [-0.2, -0.15) is 0 Å². The van der Waals surface area contributed by atoms with Gasteiger partial charge in [0.15, 0.2) is 5.78 Å². The zero-order valence-electron chi connectivity index (χ0n) is 16.5. The Balaban J connectivity index is 2.14. The molecule has 0 saturated heterocycles. The van der Waals surface area contributed by atoms with Crippen molar-refractivity contribution in [1.29, 1.82) is 0 Å². The highest BCUT2D eigenvalue weighted by molar-refractivity contribution is 6.04. The Kier molecular flexibility index (Phi) is 5.09. The predicted molar refractivity (Wildman–Crippen MR) is 106 cm³/mol. The van der Waals surface area contributed by atoms with Crippen LogP contribution in [0.1, 0.15) is 50.7 Å². The molecule has 0 bridgehead atoms. The first-order valence-corrected chi connectivity index (χ1v) is 9.32. The molecule has 142 valence electrons. The largest absolute Gasteiger partial charge is 0.458 e. The minimum Gasteiger partial charge on any atom is -0.458 e. The van der Waals surface area contributed by atoms with Crippen LogP contribution in [-0.2, 0) is 14.3 Å². The van der Waals surface area contributed by atoms with Crippen molar-refractivity contribution in [2.75, 3.05) is 6.61 Å². The molecule has 0 spiro atoms. The van der Waals surface area contributed by atoms with Crippen LogP contribution in [0.15, 0.2) is 59.5 Å². The zero-order valence-corrected chi connectivity index (χ0v) is 16.5. The van der Waals surface area contributed by atoms with Crippen LogP contribution >= 0.6 is 0 Å². The van der Waals surface area contributed by atoms with Gasteiger partial charge in [-0.1, -0.05) is 56.3 Å². The second kappa shape index (κ2) is 7.18. The first-order chi connectivity index (χ1) is 12.7. The van der Waals surface area contributed by atoms with Crippen molar-refractivity contribution in [3.05, 3.63) is 70.6 Å². The van der Waals surface area contributed by atoms with E-state index in [0.29, 0.717) is 17.6 Å². The monoisotopic (exact) mass is 365 g/mol. The molecule has 0 saturated carbocycles. The molecule has 0 unspecified atom stereocenters. The molecule has 1 N–H and O–H groups in total. The number of hydrogen-bond donors (Lipinski definition) is 1. The van der Waals surface area contributed by atoms with E-state index < -0.39 is 11.9 Å². The number of Topliss-reactive ketones (excluding diaryl/α,β-unsaturated/α-hetero) is 1. The third-order valence-electron chi connectivity index (χ3n) is 5.20. The summed E-state index contributed by atoms with van der Waals surface area (Å²) in [7, 11) is 0. The third-order valence-corrected chi connectivity index (χ3v) is 5.20. The molecule has 0 fully saturated rings. The number of ether oxygens (including phenoxy) is 1. The number of carbonyl (C=O) groups is 2. The number of dihydropyridines is 1. The lowest BCUT2D eigenvalue weighted by atomic mass is 9.68. The molecule has 1 heterocycles. The molecule has 4 nitrogen and oxygen atoms in total. The number of rotatable bonds is 4. The summed E-state index contributed by atoms with van der Waals surface area (Å²) in [5.74, 6) is -0.710. The summed E-state index contributed by atoms with van der Waals surface area (Å²) in [6, 6.07) is 8.02. The van der Waals surface area contributed by atoms with E-state index in [9.17, 15) is 9.59 Å². The summed E-state index contributed by atoms with van der Waals surface area (Å²) in [4.78, 5) is 25.9. The fraction of sp³-hybridized carbons (Fsp3) is 0.391. The lowest BCUT2D eigenvalue weighted by Crippen LogP contribution is -2.38. The van der Waals surface area contributed by atoms with Gasteiger partial charge in [0.25, 0.3) is 0 Å². The Morgan fingerprint density at radius 3 is 2.56 bits per heavy atom. The fourth-order valence-corrected chi connectivity index (χ4v) is 4.01. The van der Waals surface area contributed by atoms with Gasteiger partial charge in [0.2, 0.25) is 0 Å². The normalized spacial score (nSPS) is 21.5. The molecule has 0 aromatic heterocycles. The van der Waals surface area contributed by atoms with E-state index in [0.717, 1.165) is 28.9 Å². The molecule has 3 rings (SSSR count). The van der Waals surface area contributed by atoms with Crippen LogP contribution in [-0.4, -0.2) is 18.4 Å². The lowest BCUT2D eigenvalue weighted by molar-refractivity contribution is -0.138. The number of esters is 1. The molecule has 1 aromatic rings. The van der Waals surface area contributed by atoms with Crippen LogP contribution in [0.5, 0.6) is 0 Å². The van der Waals surface area contributed by atoms with E-state index in [-0.39, 0.29) is 17.8 Å². The number of aryl methyl sites for hydroxylation is 1. The van der Waals surface area contributed by atoms with Gasteiger partial charge in [-0.15, -0.1) is 0 Å². The van der Waals surface area contributed by atoms with Crippen LogP contribution < -0.4 is 5.32 Å². The Bertz CT molecular complexity index is 856. The van der Waals surface area contributed by atoms with Crippen molar-refractivity contribution >= 4 is 11.8 Å². The maximum Gasteiger partial charge on any atom is 0.337 e. The van der Waals surface area contributed by atoms with E-state index in [1.54, 1.807) is 6.08 Å². The maximum absolute atomic E-state index is 13.1. The van der Waals surface area contributed by atoms with Crippen LogP contribution in [0.3, 0.4) is 0 Å². The van der Waals surface area contributed by atoms with Gasteiger partial charge in [0, 0.05) is 29.3 Å². The summed E-state index contributed by atoms with van der Waals surface area (Å²) in [6.45, 7) is 11.8. The van der Waals surface area contributed by atoms with E-state index in [1.165, 1.54) is 0 Å². The predicted octanol–water partition coefficient (Wildman–Crippen LogP) is 4.33. The van der Waals surface area contributed by atoms with Crippen molar-refractivity contribution in [3.63, 3.8) is 0 Å². The highest BCUT2D eigenvalue weighted by atomic mass is 16.5. The Labute approximate surface area is 161 Å². The minimum atomic E-state index is -0.408. The molecule has 2 aliphatic rings. The summed E-state index contributed by atoms with van der Waals surface area (Å²) in [5.41, 5.74) is 4.87. The molecule has 4 heteroatoms. The molecular weight excluding hydrogens is 338 g/mol.